The molecule has 0 aliphatic heterocycles. The van der Waals surface area contributed by atoms with Gasteiger partial charge in [-0.2, -0.15) is 0 Å². The van der Waals surface area contributed by atoms with Crippen molar-refractivity contribution in [1.29, 1.82) is 0 Å². The van der Waals surface area contributed by atoms with Crippen molar-refractivity contribution < 1.29 is 19.3 Å². The Hall–Kier alpha value is -3.86. The molecule has 0 bridgehead atoms. The van der Waals surface area contributed by atoms with E-state index < -0.39 is 16.7 Å². The molecule has 1 fully saturated rings. The summed E-state index contributed by atoms with van der Waals surface area (Å²) >= 11 is 4.93. The summed E-state index contributed by atoms with van der Waals surface area (Å²) in [5, 5.41) is 15.8. The van der Waals surface area contributed by atoms with Crippen LogP contribution in [-0.4, -0.2) is 27.8 Å². The molecule has 0 unspecified atom stereocenters. The van der Waals surface area contributed by atoms with Gasteiger partial charge in [0, 0.05) is 23.2 Å². The summed E-state index contributed by atoms with van der Waals surface area (Å²) in [4.78, 5) is 46.4. The molecule has 10 nitrogen and oxygen atoms in total. The summed E-state index contributed by atoms with van der Waals surface area (Å²) in [6.07, 6.45) is 1.79. The molecule has 0 spiro atoms. The average Bonchev–Trinajstić information content (AvgIpc) is 3.58. The lowest BCUT2D eigenvalue weighted by Crippen LogP contribution is -2.48. The van der Waals surface area contributed by atoms with Crippen LogP contribution in [-0.2, 0) is 4.79 Å². The SMILES string of the molecule is O=C(NNC(=S)NC(=O)c1ccccc1[N+](=O)[O-])c1ccc(NC(=O)C2CC2)cc1. The number of para-hydroxylation sites is 1. The molecule has 11 heteroatoms. The Morgan fingerprint density at radius 1 is 0.967 bits per heavy atom. The van der Waals surface area contributed by atoms with E-state index in [9.17, 15) is 24.5 Å². The van der Waals surface area contributed by atoms with Crippen LogP contribution in [0.3, 0.4) is 0 Å². The number of nitrogens with zero attached hydrogens (tertiary/aromatic N) is 1. The predicted molar refractivity (Wildman–Crippen MR) is 112 cm³/mol. The average molecular weight is 427 g/mol. The number of nitro benzene ring substituents is 1. The summed E-state index contributed by atoms with van der Waals surface area (Å²) in [7, 11) is 0. The molecule has 1 aliphatic rings. The lowest BCUT2D eigenvalue weighted by Gasteiger charge is -2.11. The van der Waals surface area contributed by atoms with Crippen LogP contribution in [0.15, 0.2) is 48.5 Å². The molecule has 154 valence electrons. The van der Waals surface area contributed by atoms with Gasteiger partial charge >= 0.3 is 0 Å². The van der Waals surface area contributed by atoms with Crippen LogP contribution in [0.2, 0.25) is 0 Å². The summed E-state index contributed by atoms with van der Waals surface area (Å²) in [6, 6.07) is 11.7. The van der Waals surface area contributed by atoms with Crippen molar-refractivity contribution >= 4 is 46.4 Å². The highest BCUT2D eigenvalue weighted by atomic mass is 32.1. The van der Waals surface area contributed by atoms with Crippen LogP contribution >= 0.6 is 12.2 Å². The van der Waals surface area contributed by atoms with E-state index in [0.717, 1.165) is 12.8 Å². The molecule has 1 aliphatic carbocycles. The van der Waals surface area contributed by atoms with E-state index in [-0.39, 0.29) is 28.2 Å². The normalized spacial score (nSPS) is 12.4. The van der Waals surface area contributed by atoms with Gasteiger partial charge in [-0.1, -0.05) is 12.1 Å². The maximum atomic E-state index is 12.2. The van der Waals surface area contributed by atoms with E-state index in [1.807, 2.05) is 0 Å². The number of rotatable bonds is 5. The summed E-state index contributed by atoms with van der Waals surface area (Å²) in [6.45, 7) is 0. The highest BCUT2D eigenvalue weighted by molar-refractivity contribution is 7.80. The van der Waals surface area contributed by atoms with Gasteiger partial charge in [0.05, 0.1) is 4.92 Å². The van der Waals surface area contributed by atoms with Crippen molar-refractivity contribution in [2.75, 3.05) is 5.32 Å². The Labute approximate surface area is 176 Å². The zero-order chi connectivity index (χ0) is 21.7. The second-order valence-electron chi connectivity index (χ2n) is 6.48. The predicted octanol–water partition coefficient (Wildman–Crippen LogP) is 1.89. The van der Waals surface area contributed by atoms with Gasteiger partial charge in [0.1, 0.15) is 5.56 Å². The van der Waals surface area contributed by atoms with Crippen LogP contribution in [0.25, 0.3) is 0 Å². The van der Waals surface area contributed by atoms with Gasteiger partial charge in [-0.15, -0.1) is 0 Å². The fourth-order valence-corrected chi connectivity index (χ4v) is 2.65. The number of anilines is 1. The second kappa shape index (κ2) is 9.09. The Balaban J connectivity index is 1.50. The van der Waals surface area contributed by atoms with E-state index in [1.54, 1.807) is 12.1 Å². The highest BCUT2D eigenvalue weighted by Gasteiger charge is 2.29. The first-order chi connectivity index (χ1) is 14.3. The Kier molecular flexibility index (Phi) is 6.32. The molecule has 2 aromatic rings. The Morgan fingerprint density at radius 3 is 2.27 bits per heavy atom. The van der Waals surface area contributed by atoms with Gasteiger partial charge in [0.15, 0.2) is 5.11 Å². The van der Waals surface area contributed by atoms with Gasteiger partial charge < -0.3 is 5.32 Å². The second-order valence-corrected chi connectivity index (χ2v) is 6.89. The zero-order valence-electron chi connectivity index (χ0n) is 15.5. The minimum atomic E-state index is -0.787. The van der Waals surface area contributed by atoms with Crippen molar-refractivity contribution in [2.24, 2.45) is 5.92 Å². The molecule has 0 radical (unpaired) electrons. The van der Waals surface area contributed by atoms with Gasteiger partial charge in [-0.05, 0) is 55.4 Å². The maximum absolute atomic E-state index is 12.2. The van der Waals surface area contributed by atoms with E-state index in [4.69, 9.17) is 12.2 Å². The number of carbonyl (C=O) groups is 3. The van der Waals surface area contributed by atoms with E-state index in [1.165, 1.54) is 36.4 Å². The first-order valence-corrected chi connectivity index (χ1v) is 9.32. The number of nitro groups is 1. The smallest absolute Gasteiger partial charge is 0.282 e. The van der Waals surface area contributed by atoms with Crippen LogP contribution in [0.1, 0.15) is 33.6 Å². The molecule has 0 aromatic heterocycles. The van der Waals surface area contributed by atoms with E-state index in [2.05, 4.69) is 21.5 Å². The zero-order valence-corrected chi connectivity index (χ0v) is 16.3. The maximum Gasteiger partial charge on any atom is 0.282 e. The van der Waals surface area contributed by atoms with Gasteiger partial charge in [0.2, 0.25) is 5.91 Å². The van der Waals surface area contributed by atoms with Gasteiger partial charge in [-0.25, -0.2) is 0 Å². The van der Waals surface area contributed by atoms with Crippen molar-refractivity contribution in [3.05, 3.63) is 69.8 Å². The van der Waals surface area contributed by atoms with Crippen LogP contribution in [0.4, 0.5) is 11.4 Å². The Bertz CT molecular complexity index is 1020. The summed E-state index contributed by atoms with van der Waals surface area (Å²) < 4.78 is 0. The quantitative estimate of drug-likeness (QED) is 0.324. The first-order valence-electron chi connectivity index (χ1n) is 8.91. The number of carbonyl (C=O) groups excluding carboxylic acids is 3. The van der Waals surface area contributed by atoms with E-state index >= 15 is 0 Å². The molecule has 4 N–H and O–H groups in total. The number of amides is 3. The molecule has 0 heterocycles. The molecule has 2 aromatic carbocycles. The number of hydrazine groups is 1. The fourth-order valence-electron chi connectivity index (χ4n) is 2.51. The molecule has 3 amide bonds. The fraction of sp³-hybridized carbons (Fsp3) is 0.158. The van der Waals surface area contributed by atoms with Crippen LogP contribution in [0.5, 0.6) is 0 Å². The monoisotopic (exact) mass is 427 g/mol. The first kappa shape index (κ1) is 20.9. The third kappa shape index (κ3) is 5.35. The number of benzene rings is 2. The lowest BCUT2D eigenvalue weighted by atomic mass is 10.1. The third-order valence-corrected chi connectivity index (χ3v) is 4.43. The molecule has 0 saturated heterocycles. The molecule has 0 atom stereocenters. The van der Waals surface area contributed by atoms with Crippen LogP contribution in [0, 0.1) is 16.0 Å². The Morgan fingerprint density at radius 2 is 1.63 bits per heavy atom. The summed E-state index contributed by atoms with van der Waals surface area (Å²) in [5.74, 6) is -1.28. The molecule has 30 heavy (non-hydrogen) atoms. The molecular weight excluding hydrogens is 410 g/mol. The number of thiocarbonyl (C=S) groups is 1. The molecule has 1 saturated carbocycles. The molecule has 3 rings (SSSR count). The standard InChI is InChI=1S/C19H17N5O5S/c25-16(11-5-6-11)20-13-9-7-12(8-10-13)17(26)22-23-19(30)21-18(27)14-3-1-2-4-15(14)24(28)29/h1-4,7-11H,5-6H2,(H,20,25)(H,22,26)(H2,21,23,27,30). The third-order valence-electron chi connectivity index (χ3n) is 4.22. The number of nitrogens with one attached hydrogen (secondary N) is 4. The largest absolute Gasteiger partial charge is 0.326 e. The van der Waals surface area contributed by atoms with Crippen molar-refractivity contribution in [3.8, 4) is 0 Å². The van der Waals surface area contributed by atoms with Crippen LogP contribution < -0.4 is 21.5 Å². The topological polar surface area (TPSA) is 142 Å². The van der Waals surface area contributed by atoms with Crippen molar-refractivity contribution in [3.63, 3.8) is 0 Å². The van der Waals surface area contributed by atoms with Crippen molar-refractivity contribution in [2.45, 2.75) is 12.8 Å². The highest BCUT2D eigenvalue weighted by Crippen LogP contribution is 2.30. The van der Waals surface area contributed by atoms with Gasteiger partial charge in [-0.3, -0.25) is 40.7 Å². The number of hydrogen-bond donors (Lipinski definition) is 4. The minimum Gasteiger partial charge on any atom is -0.326 e. The lowest BCUT2D eigenvalue weighted by molar-refractivity contribution is -0.385. The van der Waals surface area contributed by atoms with Gasteiger partial charge in [0.25, 0.3) is 17.5 Å². The summed E-state index contributed by atoms with van der Waals surface area (Å²) in [5.41, 5.74) is 5.02. The van der Waals surface area contributed by atoms with E-state index in [0.29, 0.717) is 11.3 Å². The molecular formula is C19H17N5O5S. The number of hydrogen-bond acceptors (Lipinski definition) is 6. The minimum absolute atomic E-state index is 0.0337. The van der Waals surface area contributed by atoms with Crippen molar-refractivity contribution in [1.82, 2.24) is 16.2 Å².